The number of likely N-dealkylation sites (N-methyl/N-ethyl adjacent to an activating group) is 1. The molecule has 4 heteroatoms. The zero-order valence-electron chi connectivity index (χ0n) is 13.0. The van der Waals surface area contributed by atoms with Gasteiger partial charge in [-0.25, -0.2) is 0 Å². The van der Waals surface area contributed by atoms with Gasteiger partial charge in [-0.3, -0.25) is 4.98 Å². The minimum Gasteiger partial charge on any atom is -0.493 e. The lowest BCUT2D eigenvalue weighted by Crippen LogP contribution is -2.20. The van der Waals surface area contributed by atoms with Crippen LogP contribution in [-0.2, 0) is 6.42 Å². The van der Waals surface area contributed by atoms with E-state index in [1.165, 1.54) is 5.56 Å². The summed E-state index contributed by atoms with van der Waals surface area (Å²) in [5, 5.41) is 3.34. The van der Waals surface area contributed by atoms with E-state index < -0.39 is 0 Å². The number of aromatic nitrogens is 1. The highest BCUT2D eigenvalue weighted by atomic mass is 16.5. The van der Waals surface area contributed by atoms with Gasteiger partial charge in [-0.05, 0) is 31.7 Å². The number of para-hydroxylation sites is 1. The Bertz CT molecular complexity index is 599. The van der Waals surface area contributed by atoms with E-state index in [1.54, 1.807) is 14.2 Å². The molecule has 0 aliphatic rings. The second-order valence-electron chi connectivity index (χ2n) is 4.90. The van der Waals surface area contributed by atoms with Crippen molar-refractivity contribution in [3.63, 3.8) is 0 Å². The molecule has 21 heavy (non-hydrogen) atoms. The summed E-state index contributed by atoms with van der Waals surface area (Å²) in [6.07, 6.45) is 2.63. The van der Waals surface area contributed by atoms with Gasteiger partial charge in [0.25, 0.3) is 0 Å². The molecule has 1 aromatic heterocycles. The second-order valence-corrected chi connectivity index (χ2v) is 4.90. The molecule has 2 aromatic rings. The van der Waals surface area contributed by atoms with Crippen LogP contribution in [0.3, 0.4) is 0 Å². The van der Waals surface area contributed by atoms with Crippen LogP contribution >= 0.6 is 0 Å². The Morgan fingerprint density at radius 2 is 1.95 bits per heavy atom. The largest absolute Gasteiger partial charge is 0.493 e. The lowest BCUT2D eigenvalue weighted by Gasteiger charge is -2.21. The molecule has 1 N–H and O–H groups in total. The maximum absolute atomic E-state index is 5.53. The van der Waals surface area contributed by atoms with Gasteiger partial charge in [-0.1, -0.05) is 18.2 Å². The van der Waals surface area contributed by atoms with Crippen molar-refractivity contribution in [3.8, 4) is 11.5 Å². The summed E-state index contributed by atoms with van der Waals surface area (Å²) in [5.74, 6) is 1.51. The number of hydrogen-bond donors (Lipinski definition) is 1. The highest BCUT2D eigenvalue weighted by molar-refractivity contribution is 5.48. The molecule has 0 bridgehead atoms. The number of nitrogens with zero attached hydrogens (tertiary/aromatic N) is 1. The third-order valence-corrected chi connectivity index (χ3v) is 3.67. The minimum absolute atomic E-state index is 0.114. The molecule has 0 amide bonds. The second kappa shape index (κ2) is 7.09. The highest BCUT2D eigenvalue weighted by Crippen LogP contribution is 2.35. The average Bonchev–Trinajstić information content (AvgIpc) is 2.53. The molecule has 2 rings (SSSR count). The molecule has 0 fully saturated rings. The quantitative estimate of drug-likeness (QED) is 0.886. The normalized spacial score (nSPS) is 12.0. The van der Waals surface area contributed by atoms with Crippen molar-refractivity contribution in [1.29, 1.82) is 0 Å². The summed E-state index contributed by atoms with van der Waals surface area (Å²) in [5.41, 5.74) is 3.35. The molecule has 1 unspecified atom stereocenters. The first-order chi connectivity index (χ1) is 10.2. The first-order valence-corrected chi connectivity index (χ1v) is 7.00. The maximum Gasteiger partial charge on any atom is 0.165 e. The van der Waals surface area contributed by atoms with Crippen LogP contribution in [0.25, 0.3) is 0 Å². The number of pyridine rings is 1. The van der Waals surface area contributed by atoms with E-state index in [-0.39, 0.29) is 6.04 Å². The topological polar surface area (TPSA) is 43.4 Å². The average molecular weight is 286 g/mol. The number of nitrogens with one attached hydrogen (secondary N) is 1. The van der Waals surface area contributed by atoms with Crippen LogP contribution in [-0.4, -0.2) is 26.3 Å². The maximum atomic E-state index is 5.53. The molecule has 4 nitrogen and oxygen atoms in total. The van der Waals surface area contributed by atoms with Gasteiger partial charge in [0.05, 0.1) is 14.2 Å². The zero-order chi connectivity index (χ0) is 15.2. The van der Waals surface area contributed by atoms with Gasteiger partial charge in [-0.2, -0.15) is 0 Å². The number of ether oxygens (including phenoxy) is 2. The predicted octanol–water partition coefficient (Wildman–Crippen LogP) is 2.91. The standard InChI is InChI=1S/C17H22N2O2/c1-12-7-6-10-19-14(12)11-15(18-2)13-8-5-9-16(20-3)17(13)21-4/h5-10,15,18H,11H2,1-4H3. The molecular weight excluding hydrogens is 264 g/mol. The molecule has 0 radical (unpaired) electrons. The molecule has 0 saturated carbocycles. The fraction of sp³-hybridized carbons (Fsp3) is 0.353. The van der Waals surface area contributed by atoms with Crippen molar-refractivity contribution in [2.24, 2.45) is 0 Å². The Kier molecular flexibility index (Phi) is 5.17. The number of methoxy groups -OCH3 is 2. The van der Waals surface area contributed by atoms with E-state index in [0.717, 1.165) is 29.2 Å². The lowest BCUT2D eigenvalue weighted by molar-refractivity contribution is 0.347. The molecule has 1 aromatic carbocycles. The van der Waals surface area contributed by atoms with E-state index >= 15 is 0 Å². The fourth-order valence-electron chi connectivity index (χ4n) is 2.48. The van der Waals surface area contributed by atoms with Crippen LogP contribution < -0.4 is 14.8 Å². The molecule has 1 atom stereocenters. The first-order valence-electron chi connectivity index (χ1n) is 7.00. The first kappa shape index (κ1) is 15.3. The van der Waals surface area contributed by atoms with Crippen LogP contribution in [0.4, 0.5) is 0 Å². The predicted molar refractivity (Wildman–Crippen MR) is 84.0 cm³/mol. The summed E-state index contributed by atoms with van der Waals surface area (Å²) in [6, 6.07) is 10.1. The molecule has 0 aliphatic carbocycles. The van der Waals surface area contributed by atoms with Crippen LogP contribution in [0.2, 0.25) is 0 Å². The van der Waals surface area contributed by atoms with Gasteiger partial charge >= 0.3 is 0 Å². The Balaban J connectivity index is 2.36. The Hall–Kier alpha value is -2.07. The summed E-state index contributed by atoms with van der Waals surface area (Å²) < 4.78 is 10.9. The van der Waals surface area contributed by atoms with Crippen molar-refractivity contribution in [2.45, 2.75) is 19.4 Å². The monoisotopic (exact) mass is 286 g/mol. The van der Waals surface area contributed by atoms with Crippen LogP contribution in [0.1, 0.15) is 22.9 Å². The van der Waals surface area contributed by atoms with Crippen molar-refractivity contribution in [2.75, 3.05) is 21.3 Å². The number of hydrogen-bond acceptors (Lipinski definition) is 4. The van der Waals surface area contributed by atoms with E-state index in [9.17, 15) is 0 Å². The summed E-state index contributed by atoms with van der Waals surface area (Å²) in [4.78, 5) is 4.48. The van der Waals surface area contributed by atoms with Gasteiger partial charge in [0.15, 0.2) is 11.5 Å². The molecule has 0 spiro atoms. The zero-order valence-corrected chi connectivity index (χ0v) is 13.0. The molecule has 0 aliphatic heterocycles. The smallest absolute Gasteiger partial charge is 0.165 e. The highest BCUT2D eigenvalue weighted by Gasteiger charge is 2.19. The van der Waals surface area contributed by atoms with Crippen molar-refractivity contribution in [1.82, 2.24) is 10.3 Å². The van der Waals surface area contributed by atoms with E-state index in [1.807, 2.05) is 31.4 Å². The molecule has 112 valence electrons. The van der Waals surface area contributed by atoms with Crippen LogP contribution in [0, 0.1) is 6.92 Å². The molecule has 0 saturated heterocycles. The SMILES string of the molecule is CNC(Cc1ncccc1C)c1cccc(OC)c1OC. The Labute approximate surface area is 126 Å². The summed E-state index contributed by atoms with van der Waals surface area (Å²) >= 11 is 0. The van der Waals surface area contributed by atoms with Crippen molar-refractivity contribution < 1.29 is 9.47 Å². The number of benzene rings is 1. The van der Waals surface area contributed by atoms with Gasteiger partial charge < -0.3 is 14.8 Å². The van der Waals surface area contributed by atoms with E-state index in [4.69, 9.17) is 9.47 Å². The van der Waals surface area contributed by atoms with Gasteiger partial charge in [0.2, 0.25) is 0 Å². The third-order valence-electron chi connectivity index (χ3n) is 3.67. The third kappa shape index (κ3) is 3.34. The van der Waals surface area contributed by atoms with Crippen LogP contribution in [0.5, 0.6) is 11.5 Å². The van der Waals surface area contributed by atoms with Gasteiger partial charge in [0.1, 0.15) is 0 Å². The molecule has 1 heterocycles. The summed E-state index contributed by atoms with van der Waals surface area (Å²) in [7, 11) is 5.26. The molecular formula is C17H22N2O2. The van der Waals surface area contributed by atoms with E-state index in [0.29, 0.717) is 0 Å². The van der Waals surface area contributed by atoms with Gasteiger partial charge in [0, 0.05) is 29.9 Å². The minimum atomic E-state index is 0.114. The van der Waals surface area contributed by atoms with Gasteiger partial charge in [-0.15, -0.1) is 0 Å². The van der Waals surface area contributed by atoms with Crippen molar-refractivity contribution >= 4 is 0 Å². The number of aryl methyl sites for hydroxylation is 1. The number of rotatable bonds is 6. The Morgan fingerprint density at radius 3 is 2.57 bits per heavy atom. The van der Waals surface area contributed by atoms with Crippen LogP contribution in [0.15, 0.2) is 36.5 Å². The Morgan fingerprint density at radius 1 is 1.14 bits per heavy atom. The summed E-state index contributed by atoms with van der Waals surface area (Å²) in [6.45, 7) is 2.08. The fourth-order valence-corrected chi connectivity index (χ4v) is 2.48. The lowest BCUT2D eigenvalue weighted by atomic mass is 9.98. The van der Waals surface area contributed by atoms with E-state index in [2.05, 4.69) is 29.4 Å². The van der Waals surface area contributed by atoms with Crippen molar-refractivity contribution in [3.05, 3.63) is 53.3 Å².